The van der Waals surface area contributed by atoms with Crippen LogP contribution in [-0.2, 0) is 0 Å². The Hall–Kier alpha value is -2.08. The Balaban J connectivity index is 2.72. The van der Waals surface area contributed by atoms with Gasteiger partial charge in [-0.3, -0.25) is 0 Å². The second-order valence-electron chi connectivity index (χ2n) is 3.31. The number of rotatable bonds is 0. The number of benzene rings is 1. The summed E-state index contributed by atoms with van der Waals surface area (Å²) >= 11 is 5.85. The topological polar surface area (TPSA) is 83.0 Å². The van der Waals surface area contributed by atoms with Crippen LogP contribution >= 0.6 is 11.6 Å². The number of nitrogens with zero attached hydrogens (tertiary/aromatic N) is 2. The van der Waals surface area contributed by atoms with Gasteiger partial charge in [0.1, 0.15) is 0 Å². The van der Waals surface area contributed by atoms with Gasteiger partial charge in [-0.1, -0.05) is 11.6 Å². The molecule has 2 heterocycles. The number of halogens is 1. The molecule has 0 aliphatic rings. The molecule has 0 fully saturated rings. The van der Waals surface area contributed by atoms with Crippen molar-refractivity contribution in [3.63, 3.8) is 0 Å². The number of nitrogens with one attached hydrogen (secondary N) is 2. The van der Waals surface area contributed by atoms with Crippen LogP contribution in [0.5, 0.6) is 0 Å². The number of fused-ring (bicyclic) bond motifs is 3. The van der Waals surface area contributed by atoms with Crippen molar-refractivity contribution in [2.75, 3.05) is 0 Å². The van der Waals surface area contributed by atoms with E-state index in [0.29, 0.717) is 15.9 Å². The third kappa shape index (κ3) is 1.10. The lowest BCUT2D eigenvalue weighted by molar-refractivity contribution is 0.958. The van der Waals surface area contributed by atoms with E-state index in [1.54, 1.807) is 18.2 Å². The second-order valence-corrected chi connectivity index (χ2v) is 3.74. The zero-order valence-electron chi connectivity index (χ0n) is 7.82. The second kappa shape index (κ2) is 2.96. The van der Waals surface area contributed by atoms with E-state index in [4.69, 9.17) is 11.6 Å². The number of H-pyrrole nitrogens is 2. The molecule has 0 aliphatic carbocycles. The number of aromatic amines is 2. The quantitative estimate of drug-likeness (QED) is 0.597. The van der Waals surface area contributed by atoms with Gasteiger partial charge in [0.05, 0.1) is 5.52 Å². The maximum absolute atomic E-state index is 11.6. The average molecular weight is 237 g/mol. The number of aromatic nitrogens is 4. The largest absolute Gasteiger partial charge is 0.351 e. The predicted octanol–water partition coefficient (Wildman–Crippen LogP) is 0.517. The molecule has 0 unspecified atom stereocenters. The summed E-state index contributed by atoms with van der Waals surface area (Å²) in [5, 5.41) is 7.15. The molecule has 0 atom stereocenters. The minimum Gasteiger partial charge on any atom is -0.306 e. The van der Waals surface area contributed by atoms with Gasteiger partial charge in [-0.2, -0.15) is 9.50 Å². The van der Waals surface area contributed by atoms with Crippen LogP contribution in [0.4, 0.5) is 0 Å². The molecule has 1 aromatic carbocycles. The molecule has 2 N–H and O–H groups in total. The van der Waals surface area contributed by atoms with Crippen molar-refractivity contribution in [3.8, 4) is 0 Å². The first kappa shape index (κ1) is 9.17. The third-order valence-electron chi connectivity index (χ3n) is 2.34. The standard InChI is InChI=1S/C9H5ClN4O2/c10-4-1-2-6-5(3-4)7-12-13-9(16)14(7)8(15)11-6/h1-3H,(H,11,15)(H,13,16). The summed E-state index contributed by atoms with van der Waals surface area (Å²) in [6.07, 6.45) is 0. The Bertz CT molecular complexity index is 814. The molecule has 7 heteroatoms. The van der Waals surface area contributed by atoms with Crippen molar-refractivity contribution in [3.05, 3.63) is 44.2 Å². The Morgan fingerprint density at radius 3 is 2.88 bits per heavy atom. The summed E-state index contributed by atoms with van der Waals surface area (Å²) in [6.45, 7) is 0. The van der Waals surface area contributed by atoms with Crippen molar-refractivity contribution in [2.24, 2.45) is 0 Å². The lowest BCUT2D eigenvalue weighted by Crippen LogP contribution is -2.25. The minimum atomic E-state index is -0.571. The Morgan fingerprint density at radius 2 is 2.06 bits per heavy atom. The SMILES string of the molecule is O=c1[nH]nc2c3cc(Cl)ccc3[nH]c(=O)n12. The summed E-state index contributed by atoms with van der Waals surface area (Å²) in [4.78, 5) is 25.5. The first-order chi connectivity index (χ1) is 7.66. The number of hydrogen-bond acceptors (Lipinski definition) is 3. The molecule has 0 saturated heterocycles. The van der Waals surface area contributed by atoms with E-state index in [1.807, 2.05) is 0 Å². The van der Waals surface area contributed by atoms with Crippen LogP contribution in [-0.4, -0.2) is 19.6 Å². The van der Waals surface area contributed by atoms with Crippen LogP contribution in [0.2, 0.25) is 5.02 Å². The average Bonchev–Trinajstić information content (AvgIpc) is 2.63. The van der Waals surface area contributed by atoms with Gasteiger partial charge in [0.2, 0.25) is 0 Å². The van der Waals surface area contributed by atoms with Gasteiger partial charge >= 0.3 is 11.4 Å². The molecule has 6 nitrogen and oxygen atoms in total. The highest BCUT2D eigenvalue weighted by atomic mass is 35.5. The van der Waals surface area contributed by atoms with Crippen LogP contribution < -0.4 is 11.4 Å². The third-order valence-corrected chi connectivity index (χ3v) is 2.57. The Kier molecular flexibility index (Phi) is 1.69. The fourth-order valence-electron chi connectivity index (χ4n) is 1.65. The van der Waals surface area contributed by atoms with Crippen molar-refractivity contribution in [2.45, 2.75) is 0 Å². The maximum Gasteiger partial charge on any atom is 0.351 e. The monoisotopic (exact) mass is 236 g/mol. The number of hydrogen-bond donors (Lipinski definition) is 2. The summed E-state index contributed by atoms with van der Waals surface area (Å²) in [5.41, 5.74) is -0.242. The van der Waals surface area contributed by atoms with E-state index in [-0.39, 0.29) is 5.65 Å². The Morgan fingerprint density at radius 1 is 1.25 bits per heavy atom. The molecular formula is C9H5ClN4O2. The van der Waals surface area contributed by atoms with E-state index >= 15 is 0 Å². The van der Waals surface area contributed by atoms with Crippen molar-refractivity contribution >= 4 is 28.2 Å². The molecule has 0 aliphatic heterocycles. The molecule has 80 valence electrons. The normalized spacial score (nSPS) is 11.3. The van der Waals surface area contributed by atoms with Gasteiger partial charge in [0, 0.05) is 10.4 Å². The van der Waals surface area contributed by atoms with Crippen LogP contribution in [0.15, 0.2) is 27.8 Å². The van der Waals surface area contributed by atoms with Gasteiger partial charge in [0.25, 0.3) is 0 Å². The van der Waals surface area contributed by atoms with E-state index in [9.17, 15) is 9.59 Å². The highest BCUT2D eigenvalue weighted by Crippen LogP contribution is 2.18. The summed E-state index contributed by atoms with van der Waals surface area (Å²) in [5.74, 6) is 0. The van der Waals surface area contributed by atoms with E-state index in [2.05, 4.69) is 15.2 Å². The molecule has 2 aromatic heterocycles. The van der Waals surface area contributed by atoms with Crippen LogP contribution in [0.1, 0.15) is 0 Å². The molecule has 0 spiro atoms. The lowest BCUT2D eigenvalue weighted by Gasteiger charge is -1.99. The molecule has 16 heavy (non-hydrogen) atoms. The van der Waals surface area contributed by atoms with Crippen molar-refractivity contribution in [1.82, 2.24) is 19.6 Å². The van der Waals surface area contributed by atoms with E-state index < -0.39 is 11.4 Å². The van der Waals surface area contributed by atoms with Crippen LogP contribution in [0.3, 0.4) is 0 Å². The fraction of sp³-hybridized carbons (Fsp3) is 0. The van der Waals surface area contributed by atoms with Gasteiger partial charge < -0.3 is 4.98 Å². The summed E-state index contributed by atoms with van der Waals surface area (Å²) in [7, 11) is 0. The lowest BCUT2D eigenvalue weighted by atomic mass is 10.2. The highest BCUT2D eigenvalue weighted by molar-refractivity contribution is 6.31. The zero-order chi connectivity index (χ0) is 11.3. The summed E-state index contributed by atoms with van der Waals surface area (Å²) < 4.78 is 0.929. The molecule has 0 bridgehead atoms. The maximum atomic E-state index is 11.6. The molecule has 3 aromatic rings. The smallest absolute Gasteiger partial charge is 0.306 e. The molecule has 0 radical (unpaired) electrons. The molecular weight excluding hydrogens is 232 g/mol. The van der Waals surface area contributed by atoms with Gasteiger partial charge in [-0.25, -0.2) is 14.7 Å². The fourth-order valence-corrected chi connectivity index (χ4v) is 1.82. The molecule has 0 amide bonds. The molecule has 0 saturated carbocycles. The van der Waals surface area contributed by atoms with Gasteiger partial charge in [0.15, 0.2) is 5.65 Å². The minimum absolute atomic E-state index is 0.270. The van der Waals surface area contributed by atoms with Crippen molar-refractivity contribution < 1.29 is 0 Å². The highest BCUT2D eigenvalue weighted by Gasteiger charge is 2.09. The zero-order valence-corrected chi connectivity index (χ0v) is 8.58. The first-order valence-corrected chi connectivity index (χ1v) is 4.83. The van der Waals surface area contributed by atoms with Gasteiger partial charge in [-0.05, 0) is 18.2 Å². The first-order valence-electron chi connectivity index (χ1n) is 4.45. The predicted molar refractivity (Wildman–Crippen MR) is 58.9 cm³/mol. The van der Waals surface area contributed by atoms with Crippen molar-refractivity contribution in [1.29, 1.82) is 0 Å². The summed E-state index contributed by atoms with van der Waals surface area (Å²) in [6, 6.07) is 4.96. The Labute approximate surface area is 92.5 Å². The van der Waals surface area contributed by atoms with Gasteiger partial charge in [-0.15, -0.1) is 0 Å². The van der Waals surface area contributed by atoms with Crippen LogP contribution in [0, 0.1) is 0 Å². The van der Waals surface area contributed by atoms with E-state index in [0.717, 1.165) is 4.40 Å². The van der Waals surface area contributed by atoms with E-state index in [1.165, 1.54) is 0 Å². The molecule has 3 rings (SSSR count). The van der Waals surface area contributed by atoms with Crippen LogP contribution in [0.25, 0.3) is 16.6 Å².